The van der Waals surface area contributed by atoms with Crippen LogP contribution in [0.1, 0.15) is 44.6 Å². The third kappa shape index (κ3) is 4.25. The Morgan fingerprint density at radius 3 is 2.57 bits per heavy atom. The van der Waals surface area contributed by atoms with E-state index in [0.717, 1.165) is 12.0 Å². The topological polar surface area (TPSA) is 87.1 Å². The molecule has 0 saturated carbocycles. The lowest BCUT2D eigenvalue weighted by molar-refractivity contribution is -0.134. The molecule has 0 radical (unpaired) electrons. The van der Waals surface area contributed by atoms with Gasteiger partial charge in [0.2, 0.25) is 11.8 Å². The maximum atomic E-state index is 12.8. The largest absolute Gasteiger partial charge is 0.290 e. The molecule has 1 atom stereocenters. The smallest absolute Gasteiger partial charge is 0.244 e. The number of amidine groups is 1. The molecule has 2 aliphatic rings. The van der Waals surface area contributed by atoms with E-state index >= 15 is 0 Å². The maximum Gasteiger partial charge on any atom is 0.244 e. The lowest BCUT2D eigenvalue weighted by Crippen LogP contribution is -2.41. The lowest BCUT2D eigenvalue weighted by Gasteiger charge is -2.35. The minimum atomic E-state index is -3.12. The maximum absolute atomic E-state index is 12.8. The summed E-state index contributed by atoms with van der Waals surface area (Å²) in [6.07, 6.45) is 3.55. The van der Waals surface area contributed by atoms with E-state index in [2.05, 4.69) is 5.10 Å². The number of likely N-dealkylation sites (tertiary alicyclic amines) is 1. The molecule has 28 heavy (non-hydrogen) atoms. The van der Waals surface area contributed by atoms with Crippen molar-refractivity contribution in [1.29, 1.82) is 0 Å². The number of nitrogens with zero attached hydrogens (tertiary/aromatic N) is 3. The van der Waals surface area contributed by atoms with Gasteiger partial charge >= 0.3 is 0 Å². The number of thioether (sulfide) groups is 1. The molecular weight excluding hydrogens is 398 g/mol. The Morgan fingerprint density at radius 2 is 2.00 bits per heavy atom. The van der Waals surface area contributed by atoms with Crippen molar-refractivity contribution in [3.8, 4) is 0 Å². The van der Waals surface area contributed by atoms with Crippen molar-refractivity contribution >= 4 is 38.6 Å². The number of rotatable bonds is 6. The molecule has 1 aromatic rings. The Balaban J connectivity index is 2.00. The van der Waals surface area contributed by atoms with Gasteiger partial charge in [0.1, 0.15) is 14.7 Å². The highest BCUT2D eigenvalue weighted by Crippen LogP contribution is 2.50. The van der Waals surface area contributed by atoms with Gasteiger partial charge in [0.05, 0.1) is 5.75 Å². The summed E-state index contributed by atoms with van der Waals surface area (Å²) >= 11 is 1.38. The van der Waals surface area contributed by atoms with Crippen molar-refractivity contribution in [2.75, 3.05) is 18.6 Å². The number of carbonyl (C=O) groups is 2. The molecule has 2 heterocycles. The number of amides is 2. The Morgan fingerprint density at radius 1 is 1.29 bits per heavy atom. The van der Waals surface area contributed by atoms with Gasteiger partial charge in [0.25, 0.3) is 0 Å². The van der Waals surface area contributed by atoms with Crippen molar-refractivity contribution < 1.29 is 18.0 Å². The fourth-order valence-electron chi connectivity index (χ4n) is 3.50. The van der Waals surface area contributed by atoms with Crippen LogP contribution in [0.25, 0.3) is 0 Å². The molecule has 0 bridgehead atoms. The zero-order valence-corrected chi connectivity index (χ0v) is 17.8. The van der Waals surface area contributed by atoms with Gasteiger partial charge in [-0.2, -0.15) is 0 Å². The first-order valence-electron chi connectivity index (χ1n) is 9.41. The molecule has 9 heteroatoms. The Hall–Kier alpha value is -1.87. The molecule has 1 saturated heterocycles. The number of sulfone groups is 1. The van der Waals surface area contributed by atoms with Crippen molar-refractivity contribution in [2.45, 2.75) is 43.9 Å². The molecular formula is C19H25N3O4S2. The fraction of sp³-hybridized carbons (Fsp3) is 0.526. The summed E-state index contributed by atoms with van der Waals surface area (Å²) in [7, 11) is -3.12. The zero-order valence-electron chi connectivity index (χ0n) is 16.1. The van der Waals surface area contributed by atoms with Gasteiger partial charge in [0, 0.05) is 25.6 Å². The Labute approximate surface area is 170 Å². The van der Waals surface area contributed by atoms with Crippen LogP contribution < -0.4 is 0 Å². The van der Waals surface area contributed by atoms with Gasteiger partial charge in [-0.1, -0.05) is 49.0 Å². The van der Waals surface area contributed by atoms with Crippen LogP contribution in [0.2, 0.25) is 0 Å². The Bertz CT molecular complexity index is 886. The van der Waals surface area contributed by atoms with Gasteiger partial charge < -0.3 is 0 Å². The van der Waals surface area contributed by atoms with Crippen LogP contribution in [0.5, 0.6) is 0 Å². The average Bonchev–Trinajstić information content (AvgIpc) is 3.25. The first-order chi connectivity index (χ1) is 13.3. The van der Waals surface area contributed by atoms with E-state index in [1.54, 1.807) is 11.8 Å². The minimum absolute atomic E-state index is 0.00939. The third-order valence-corrected chi connectivity index (χ3v) is 7.35. The van der Waals surface area contributed by atoms with Gasteiger partial charge in [-0.3, -0.25) is 14.5 Å². The van der Waals surface area contributed by atoms with Crippen molar-refractivity contribution in [3.63, 3.8) is 0 Å². The van der Waals surface area contributed by atoms with Crippen molar-refractivity contribution in [2.24, 2.45) is 5.10 Å². The molecule has 7 nitrogen and oxygen atoms in total. The number of hydrazone groups is 1. The molecule has 0 aliphatic carbocycles. The van der Waals surface area contributed by atoms with Crippen molar-refractivity contribution in [1.82, 2.24) is 9.91 Å². The van der Waals surface area contributed by atoms with Crippen LogP contribution in [0.4, 0.5) is 0 Å². The van der Waals surface area contributed by atoms with E-state index < -0.39 is 14.7 Å². The highest BCUT2D eigenvalue weighted by atomic mass is 32.2. The number of benzene rings is 1. The molecule has 1 aromatic carbocycles. The van der Waals surface area contributed by atoms with Crippen LogP contribution in [0.3, 0.4) is 0 Å². The summed E-state index contributed by atoms with van der Waals surface area (Å²) < 4.78 is 23.3. The average molecular weight is 424 g/mol. The third-order valence-electron chi connectivity index (χ3n) is 4.89. The molecule has 0 N–H and O–H groups in total. The first kappa shape index (κ1) is 20.9. The second-order valence-electron chi connectivity index (χ2n) is 7.08. The quantitative estimate of drug-likeness (QED) is 0.702. The molecule has 3 rings (SSSR count). The monoisotopic (exact) mass is 423 g/mol. The zero-order chi connectivity index (χ0) is 20.4. The molecule has 2 amide bonds. The summed E-state index contributed by atoms with van der Waals surface area (Å²) in [5, 5.41) is 6.54. The summed E-state index contributed by atoms with van der Waals surface area (Å²) in [4.78, 5) is 25.8. The molecule has 2 aliphatic heterocycles. The molecule has 0 spiro atoms. The number of hydrogen-bond acceptors (Lipinski definition) is 6. The van der Waals surface area contributed by atoms with Crippen LogP contribution in [0.15, 0.2) is 35.4 Å². The summed E-state index contributed by atoms with van der Waals surface area (Å²) in [6.45, 7) is 2.36. The van der Waals surface area contributed by atoms with Gasteiger partial charge in [0.15, 0.2) is 5.17 Å². The summed E-state index contributed by atoms with van der Waals surface area (Å²) in [6, 6.07) is 9.52. The number of hydrogen-bond donors (Lipinski definition) is 0. The second-order valence-corrected chi connectivity index (χ2v) is 10.6. The van der Waals surface area contributed by atoms with E-state index in [-0.39, 0.29) is 24.0 Å². The van der Waals surface area contributed by atoms with Crippen LogP contribution in [-0.2, 0) is 24.3 Å². The van der Waals surface area contributed by atoms with E-state index in [0.29, 0.717) is 31.0 Å². The Kier molecular flexibility index (Phi) is 6.14. The van der Waals surface area contributed by atoms with Gasteiger partial charge in [-0.15, -0.1) is 5.10 Å². The predicted octanol–water partition coefficient (Wildman–Crippen LogP) is 2.54. The standard InChI is InChI=1S/C19H25N3O4S2/c1-3-16(23)22-19(12-8-14-28(2,25)26,15-9-5-4-6-10-15)27-18(20-22)21-13-7-11-17(21)24/h4-6,9-10H,3,7-8,11-14H2,1-2H3. The normalized spacial score (nSPS) is 22.6. The number of carbonyl (C=O) groups excluding carboxylic acids is 2. The predicted molar refractivity (Wildman–Crippen MR) is 110 cm³/mol. The van der Waals surface area contributed by atoms with Crippen LogP contribution in [0, 0.1) is 0 Å². The van der Waals surface area contributed by atoms with Crippen molar-refractivity contribution in [3.05, 3.63) is 35.9 Å². The summed E-state index contributed by atoms with van der Waals surface area (Å²) in [5.41, 5.74) is 0.876. The lowest BCUT2D eigenvalue weighted by atomic mass is 10.0. The highest BCUT2D eigenvalue weighted by molar-refractivity contribution is 8.14. The fourth-order valence-corrected chi connectivity index (χ4v) is 5.63. The van der Waals surface area contributed by atoms with Crippen LogP contribution >= 0.6 is 11.8 Å². The molecule has 152 valence electrons. The van der Waals surface area contributed by atoms with E-state index in [1.165, 1.54) is 23.0 Å². The van der Waals surface area contributed by atoms with Gasteiger partial charge in [-0.05, 0) is 24.8 Å². The first-order valence-corrected chi connectivity index (χ1v) is 12.3. The molecule has 1 unspecified atom stereocenters. The van der Waals surface area contributed by atoms with E-state index in [9.17, 15) is 18.0 Å². The highest BCUT2D eigenvalue weighted by Gasteiger charge is 2.49. The molecule has 0 aromatic heterocycles. The molecule has 1 fully saturated rings. The SMILES string of the molecule is CCC(=O)N1N=C(N2CCCC2=O)SC1(CCCS(C)(=O)=O)c1ccccc1. The van der Waals surface area contributed by atoms with Gasteiger partial charge in [-0.25, -0.2) is 13.4 Å². The van der Waals surface area contributed by atoms with Crippen LogP contribution in [-0.4, -0.2) is 53.9 Å². The summed E-state index contributed by atoms with van der Waals surface area (Å²) in [5.74, 6) is -0.110. The minimum Gasteiger partial charge on any atom is -0.290 e. The van der Waals surface area contributed by atoms with E-state index in [1.807, 2.05) is 30.3 Å². The second kappa shape index (κ2) is 8.24. The van der Waals surface area contributed by atoms with E-state index in [4.69, 9.17) is 0 Å².